The lowest BCUT2D eigenvalue weighted by atomic mass is 9.83. The Labute approximate surface area is 293 Å². The minimum Gasteiger partial charge on any atom is -0.484 e. The lowest BCUT2D eigenvalue weighted by Gasteiger charge is -2.37. The summed E-state index contributed by atoms with van der Waals surface area (Å²) < 4.78 is 10.4. The third-order valence-corrected chi connectivity index (χ3v) is 10.2. The molecule has 2 aromatic carbocycles. The molecule has 0 bridgehead atoms. The number of ether oxygens (including phenoxy) is 1. The van der Waals surface area contributed by atoms with Crippen LogP contribution in [0.2, 0.25) is 0 Å². The molecule has 2 amide bonds. The Balaban J connectivity index is 1.06. The minimum atomic E-state index is -0.684. The number of anilines is 2. The van der Waals surface area contributed by atoms with Crippen LogP contribution in [0.15, 0.2) is 72.9 Å². The number of carbonyl (C=O) groups excluding carboxylic acids is 1. The highest BCUT2D eigenvalue weighted by atomic mass is 16.5. The largest absolute Gasteiger partial charge is 0.484 e. The van der Waals surface area contributed by atoms with Crippen molar-refractivity contribution in [2.24, 2.45) is 5.92 Å². The number of fused-ring (bicyclic) bond motifs is 2. The van der Waals surface area contributed by atoms with E-state index in [-0.39, 0.29) is 29.5 Å². The van der Waals surface area contributed by atoms with Gasteiger partial charge < -0.3 is 20.1 Å². The van der Waals surface area contributed by atoms with Crippen LogP contribution in [0.1, 0.15) is 94.8 Å². The van der Waals surface area contributed by atoms with Crippen LogP contribution in [-0.4, -0.2) is 54.2 Å². The van der Waals surface area contributed by atoms with Crippen molar-refractivity contribution >= 4 is 23.4 Å². The highest BCUT2D eigenvalue weighted by Crippen LogP contribution is 2.39. The van der Waals surface area contributed by atoms with E-state index in [1.807, 2.05) is 79.0 Å². The molecule has 1 saturated heterocycles. The number of carbonyl (C=O) groups is 1. The average Bonchev–Trinajstić information content (AvgIpc) is 3.70. The summed E-state index contributed by atoms with van der Waals surface area (Å²) in [6.07, 6.45) is 5.04. The summed E-state index contributed by atoms with van der Waals surface area (Å²) in [5, 5.41) is 30.6. The average molecular weight is 677 g/mol. The first-order chi connectivity index (χ1) is 23.8. The van der Waals surface area contributed by atoms with Gasteiger partial charge in [0.05, 0.1) is 29.2 Å². The highest BCUT2D eigenvalue weighted by Gasteiger charge is 2.33. The SMILES string of the molecule is Cc1ccc(-n2nc(C(C)(C)C)cc2NC(=O)NC2CCC(Oc3ccc4nnc(N5CCC(C(C)(C)O)CC5)n4c3)c3ccccc32)cc1. The molecule has 0 spiro atoms. The maximum Gasteiger partial charge on any atom is 0.320 e. The first-order valence-corrected chi connectivity index (χ1v) is 17.7. The van der Waals surface area contributed by atoms with Crippen LogP contribution in [0, 0.1) is 12.8 Å². The van der Waals surface area contributed by atoms with Crippen molar-refractivity contribution in [2.75, 3.05) is 23.3 Å². The Hall–Kier alpha value is -4.90. The van der Waals surface area contributed by atoms with Crippen molar-refractivity contribution in [2.45, 2.75) is 90.4 Å². The van der Waals surface area contributed by atoms with Gasteiger partial charge in [-0.3, -0.25) is 9.72 Å². The maximum absolute atomic E-state index is 13.6. The van der Waals surface area contributed by atoms with E-state index in [0.717, 1.165) is 84.2 Å². The Morgan fingerprint density at radius 2 is 1.62 bits per heavy atom. The molecule has 3 N–H and O–H groups in total. The minimum absolute atomic E-state index is 0.176. The van der Waals surface area contributed by atoms with Gasteiger partial charge in [0.2, 0.25) is 5.95 Å². The van der Waals surface area contributed by atoms with Gasteiger partial charge in [-0.2, -0.15) is 5.10 Å². The van der Waals surface area contributed by atoms with Gasteiger partial charge in [-0.15, -0.1) is 10.2 Å². The Morgan fingerprint density at radius 3 is 2.32 bits per heavy atom. The molecule has 3 aromatic heterocycles. The van der Waals surface area contributed by atoms with Crippen LogP contribution < -0.4 is 20.3 Å². The predicted molar refractivity (Wildman–Crippen MR) is 195 cm³/mol. The van der Waals surface area contributed by atoms with Crippen molar-refractivity contribution < 1.29 is 14.6 Å². The highest BCUT2D eigenvalue weighted by molar-refractivity contribution is 5.89. The fraction of sp³-hybridized carbons (Fsp3) is 0.436. The second-order valence-electron chi connectivity index (χ2n) is 15.4. The van der Waals surface area contributed by atoms with Gasteiger partial charge in [-0.25, -0.2) is 9.48 Å². The van der Waals surface area contributed by atoms with Crippen molar-refractivity contribution in [3.63, 3.8) is 0 Å². The normalized spacial score (nSPS) is 18.6. The Kier molecular flexibility index (Phi) is 8.80. The van der Waals surface area contributed by atoms with Crippen molar-refractivity contribution in [3.8, 4) is 11.4 Å². The molecule has 1 aliphatic heterocycles. The van der Waals surface area contributed by atoms with E-state index in [4.69, 9.17) is 9.84 Å². The fourth-order valence-corrected chi connectivity index (χ4v) is 7.15. The smallest absolute Gasteiger partial charge is 0.320 e. The number of urea groups is 1. The molecular weight excluding hydrogens is 628 g/mol. The number of piperidine rings is 1. The molecule has 262 valence electrons. The van der Waals surface area contributed by atoms with E-state index in [1.54, 1.807) is 4.68 Å². The second kappa shape index (κ2) is 13.1. The van der Waals surface area contributed by atoms with E-state index in [0.29, 0.717) is 5.82 Å². The van der Waals surface area contributed by atoms with Gasteiger partial charge in [0, 0.05) is 24.6 Å². The van der Waals surface area contributed by atoms with Gasteiger partial charge >= 0.3 is 6.03 Å². The van der Waals surface area contributed by atoms with Crippen LogP contribution in [-0.2, 0) is 5.41 Å². The van der Waals surface area contributed by atoms with E-state index in [2.05, 4.69) is 65.6 Å². The lowest BCUT2D eigenvalue weighted by Crippen LogP contribution is -2.42. The standard InChI is InChI=1S/C39H48N8O3/c1-25-11-13-27(14-12-25)47-35(23-33(44-47)38(2,3)4)41-36(48)40-31-16-17-32(30-10-8-7-9-29(30)31)50-28-15-18-34-42-43-37(46(34)24-28)45-21-19-26(20-22-45)39(5,6)49/h7-15,18,23-24,26,31-32,49H,16-17,19-22H2,1-6H3,(H2,40,41,48). The summed E-state index contributed by atoms with van der Waals surface area (Å²) in [4.78, 5) is 15.8. The first-order valence-electron chi connectivity index (χ1n) is 17.7. The van der Waals surface area contributed by atoms with Crippen LogP contribution in [0.25, 0.3) is 11.3 Å². The number of benzene rings is 2. The number of pyridine rings is 1. The molecule has 1 aliphatic carbocycles. The Morgan fingerprint density at radius 1 is 0.900 bits per heavy atom. The molecule has 50 heavy (non-hydrogen) atoms. The number of amides is 2. The molecule has 7 rings (SSSR count). The number of aryl methyl sites for hydroxylation is 1. The van der Waals surface area contributed by atoms with E-state index < -0.39 is 5.60 Å². The lowest BCUT2D eigenvalue weighted by molar-refractivity contribution is 0.00638. The van der Waals surface area contributed by atoms with Crippen LogP contribution in [0.5, 0.6) is 5.75 Å². The fourth-order valence-electron chi connectivity index (χ4n) is 7.15. The molecular formula is C39H48N8O3. The summed E-state index contributed by atoms with van der Waals surface area (Å²) >= 11 is 0. The van der Waals surface area contributed by atoms with E-state index in [1.165, 1.54) is 0 Å². The number of rotatable bonds is 7. The van der Waals surface area contributed by atoms with Gasteiger partial charge in [-0.1, -0.05) is 62.7 Å². The number of hydrogen-bond donors (Lipinski definition) is 3. The maximum atomic E-state index is 13.6. The molecule has 11 heteroatoms. The molecule has 2 atom stereocenters. The predicted octanol–water partition coefficient (Wildman–Crippen LogP) is 7.28. The van der Waals surface area contributed by atoms with Crippen LogP contribution >= 0.6 is 0 Å². The second-order valence-corrected chi connectivity index (χ2v) is 15.4. The van der Waals surface area contributed by atoms with Crippen molar-refractivity contribution in [3.05, 3.63) is 95.3 Å². The van der Waals surface area contributed by atoms with E-state index in [9.17, 15) is 9.90 Å². The number of aliphatic hydroxyl groups is 1. The molecule has 0 saturated carbocycles. The zero-order valence-corrected chi connectivity index (χ0v) is 29.8. The third kappa shape index (κ3) is 6.92. The summed E-state index contributed by atoms with van der Waals surface area (Å²) in [6.45, 7) is 13.8. The number of nitrogens with zero attached hydrogens (tertiary/aromatic N) is 6. The quantitative estimate of drug-likeness (QED) is 0.166. The molecule has 11 nitrogen and oxygen atoms in total. The van der Waals surface area contributed by atoms with E-state index >= 15 is 0 Å². The van der Waals surface area contributed by atoms with Gasteiger partial charge in [-0.05, 0) is 87.8 Å². The molecule has 1 fully saturated rings. The van der Waals surface area contributed by atoms with Crippen molar-refractivity contribution in [1.29, 1.82) is 0 Å². The molecule has 2 unspecified atom stereocenters. The van der Waals surface area contributed by atoms with Crippen LogP contribution in [0.4, 0.5) is 16.6 Å². The topological polar surface area (TPSA) is 122 Å². The van der Waals surface area contributed by atoms with Gasteiger partial charge in [0.15, 0.2) is 5.65 Å². The third-order valence-electron chi connectivity index (χ3n) is 10.2. The van der Waals surface area contributed by atoms with Gasteiger partial charge in [0.25, 0.3) is 0 Å². The monoisotopic (exact) mass is 676 g/mol. The molecule has 2 aliphatic rings. The summed E-state index contributed by atoms with van der Waals surface area (Å²) in [5.74, 6) is 2.40. The summed E-state index contributed by atoms with van der Waals surface area (Å²) in [7, 11) is 0. The van der Waals surface area contributed by atoms with Crippen LogP contribution in [0.3, 0.4) is 0 Å². The zero-order chi connectivity index (χ0) is 35.2. The number of aromatic nitrogens is 5. The first kappa shape index (κ1) is 33.6. The molecule has 5 aromatic rings. The zero-order valence-electron chi connectivity index (χ0n) is 29.8. The number of hydrogen-bond acceptors (Lipinski definition) is 7. The summed E-state index contributed by atoms with van der Waals surface area (Å²) in [5.41, 5.74) is 4.93. The Bertz CT molecular complexity index is 1980. The molecule has 0 radical (unpaired) electrons. The van der Waals surface area contributed by atoms with Gasteiger partial charge in [0.1, 0.15) is 17.7 Å². The summed E-state index contributed by atoms with van der Waals surface area (Å²) in [6, 6.07) is 21.7. The van der Waals surface area contributed by atoms with Crippen molar-refractivity contribution in [1.82, 2.24) is 29.7 Å². The molecule has 4 heterocycles. The number of nitrogens with one attached hydrogen (secondary N) is 2.